The minimum Gasteiger partial charge on any atom is -0.352 e. The summed E-state index contributed by atoms with van der Waals surface area (Å²) in [6, 6.07) is 0. The van der Waals surface area contributed by atoms with Gasteiger partial charge in [0.25, 0.3) is 0 Å². The van der Waals surface area contributed by atoms with Gasteiger partial charge in [0.2, 0.25) is 0 Å². The molecular weight excluding hydrogens is 404 g/mol. The van der Waals surface area contributed by atoms with E-state index < -0.39 is 11.9 Å². The molecule has 116 valence electrons. The van der Waals surface area contributed by atoms with Gasteiger partial charge >= 0.3 is 6.18 Å². The molecule has 0 aromatic carbocycles. The number of hydrogen-bond donors (Lipinski definition) is 2. The van der Waals surface area contributed by atoms with Crippen molar-refractivity contribution in [3.05, 3.63) is 16.1 Å². The highest BCUT2D eigenvalue weighted by molar-refractivity contribution is 14.0. The average Bonchev–Trinajstić information content (AvgIpc) is 2.70. The standard InChI is InChI=1S/C11H17F3N4S.HI/c1-10(2,3)18-9(15-4)16-5-8-17-7(6-19-8)11(12,13)14;/h6H,5H2,1-4H3,(H2,15,16,18);1H. The molecule has 20 heavy (non-hydrogen) atoms. The largest absolute Gasteiger partial charge is 0.434 e. The Morgan fingerprint density at radius 3 is 2.35 bits per heavy atom. The number of guanidine groups is 1. The van der Waals surface area contributed by atoms with E-state index in [1.54, 1.807) is 7.05 Å². The third-order valence-electron chi connectivity index (χ3n) is 1.97. The zero-order valence-corrected chi connectivity index (χ0v) is 14.8. The summed E-state index contributed by atoms with van der Waals surface area (Å²) in [5.41, 5.74) is -1.03. The van der Waals surface area contributed by atoms with Gasteiger partial charge in [0.05, 0.1) is 6.54 Å². The van der Waals surface area contributed by atoms with Gasteiger partial charge in [-0.2, -0.15) is 13.2 Å². The fourth-order valence-electron chi connectivity index (χ4n) is 1.22. The molecule has 1 rings (SSSR count). The number of aliphatic imine (C=N–C) groups is 1. The Kier molecular flexibility index (Phi) is 7.22. The molecule has 1 heterocycles. The molecule has 0 radical (unpaired) electrons. The van der Waals surface area contributed by atoms with Gasteiger partial charge in [0, 0.05) is 18.0 Å². The van der Waals surface area contributed by atoms with Crippen molar-refractivity contribution in [1.82, 2.24) is 15.6 Å². The molecule has 0 amide bonds. The molecule has 0 spiro atoms. The molecule has 9 heteroatoms. The zero-order valence-electron chi connectivity index (χ0n) is 11.6. The number of alkyl halides is 3. The predicted octanol–water partition coefficient (Wildman–Crippen LogP) is 3.24. The van der Waals surface area contributed by atoms with Crippen LogP contribution in [0, 0.1) is 0 Å². The van der Waals surface area contributed by atoms with E-state index in [4.69, 9.17) is 0 Å². The summed E-state index contributed by atoms with van der Waals surface area (Å²) in [6.45, 7) is 6.09. The normalized spacial score (nSPS) is 12.8. The van der Waals surface area contributed by atoms with Gasteiger partial charge < -0.3 is 10.6 Å². The molecule has 1 aromatic rings. The molecular formula is C11H18F3IN4S. The van der Waals surface area contributed by atoms with Crippen molar-refractivity contribution in [1.29, 1.82) is 0 Å². The van der Waals surface area contributed by atoms with Crippen LogP contribution in [0.25, 0.3) is 0 Å². The predicted molar refractivity (Wildman–Crippen MR) is 85.6 cm³/mol. The SMILES string of the molecule is CN=C(NCc1nc(C(F)(F)F)cs1)NC(C)(C)C.I. The summed E-state index contributed by atoms with van der Waals surface area (Å²) in [4.78, 5) is 7.53. The van der Waals surface area contributed by atoms with Crippen LogP contribution in [0.3, 0.4) is 0 Å². The second-order valence-electron chi connectivity index (χ2n) is 4.93. The highest BCUT2D eigenvalue weighted by Gasteiger charge is 2.33. The van der Waals surface area contributed by atoms with Gasteiger partial charge in [-0.25, -0.2) is 4.98 Å². The average molecular weight is 422 g/mol. The summed E-state index contributed by atoms with van der Waals surface area (Å²) < 4.78 is 37.1. The van der Waals surface area contributed by atoms with Crippen LogP contribution in [0.15, 0.2) is 10.4 Å². The van der Waals surface area contributed by atoms with E-state index in [0.717, 1.165) is 16.7 Å². The lowest BCUT2D eigenvalue weighted by Crippen LogP contribution is -2.47. The Labute approximate surface area is 137 Å². The second-order valence-corrected chi connectivity index (χ2v) is 5.87. The minimum absolute atomic E-state index is 0. The molecule has 0 aliphatic rings. The summed E-state index contributed by atoms with van der Waals surface area (Å²) >= 11 is 0.970. The van der Waals surface area contributed by atoms with Crippen LogP contribution in [-0.4, -0.2) is 23.5 Å². The summed E-state index contributed by atoms with van der Waals surface area (Å²) in [5, 5.41) is 7.41. The lowest BCUT2D eigenvalue weighted by molar-refractivity contribution is -0.140. The molecule has 0 aliphatic heterocycles. The lowest BCUT2D eigenvalue weighted by atomic mass is 10.1. The molecule has 0 saturated carbocycles. The van der Waals surface area contributed by atoms with Crippen LogP contribution in [0.2, 0.25) is 0 Å². The summed E-state index contributed by atoms with van der Waals surface area (Å²) in [7, 11) is 1.60. The summed E-state index contributed by atoms with van der Waals surface area (Å²) in [6.07, 6.45) is -4.39. The van der Waals surface area contributed by atoms with E-state index in [1.807, 2.05) is 20.8 Å². The molecule has 0 unspecified atom stereocenters. The number of hydrogen-bond acceptors (Lipinski definition) is 3. The van der Waals surface area contributed by atoms with E-state index in [9.17, 15) is 13.2 Å². The van der Waals surface area contributed by atoms with Crippen molar-refractivity contribution >= 4 is 41.3 Å². The molecule has 4 nitrogen and oxygen atoms in total. The van der Waals surface area contributed by atoms with E-state index >= 15 is 0 Å². The van der Waals surface area contributed by atoms with Crippen LogP contribution in [0.1, 0.15) is 31.5 Å². The third-order valence-corrected chi connectivity index (χ3v) is 2.82. The maximum absolute atomic E-state index is 12.4. The van der Waals surface area contributed by atoms with Crippen molar-refractivity contribution in [3.63, 3.8) is 0 Å². The van der Waals surface area contributed by atoms with E-state index in [-0.39, 0.29) is 36.1 Å². The number of halogens is 4. The maximum atomic E-state index is 12.4. The van der Waals surface area contributed by atoms with E-state index in [2.05, 4.69) is 20.6 Å². The molecule has 1 aromatic heterocycles. The van der Waals surface area contributed by atoms with E-state index in [1.165, 1.54) is 0 Å². The maximum Gasteiger partial charge on any atom is 0.434 e. The molecule has 2 N–H and O–H groups in total. The number of nitrogens with one attached hydrogen (secondary N) is 2. The number of nitrogens with zero attached hydrogens (tertiary/aromatic N) is 2. The second kappa shape index (κ2) is 7.43. The molecule has 0 saturated heterocycles. The first kappa shape index (κ1) is 19.4. The highest BCUT2D eigenvalue weighted by atomic mass is 127. The van der Waals surface area contributed by atoms with Gasteiger partial charge in [-0.1, -0.05) is 0 Å². The highest BCUT2D eigenvalue weighted by Crippen LogP contribution is 2.29. The third kappa shape index (κ3) is 6.73. The van der Waals surface area contributed by atoms with Crippen molar-refractivity contribution in [3.8, 4) is 0 Å². The fraction of sp³-hybridized carbons (Fsp3) is 0.636. The first-order valence-corrected chi connectivity index (χ1v) is 6.50. The van der Waals surface area contributed by atoms with Gasteiger partial charge in [-0.3, -0.25) is 4.99 Å². The first-order chi connectivity index (χ1) is 8.62. The van der Waals surface area contributed by atoms with Crippen LogP contribution >= 0.6 is 35.3 Å². The van der Waals surface area contributed by atoms with Crippen molar-refractivity contribution in [2.24, 2.45) is 4.99 Å². The summed E-state index contributed by atoms with van der Waals surface area (Å²) in [5.74, 6) is 0.524. The Bertz CT molecular complexity index is 451. The zero-order chi connectivity index (χ0) is 14.7. The Morgan fingerprint density at radius 1 is 1.35 bits per heavy atom. The van der Waals surface area contributed by atoms with Crippen molar-refractivity contribution in [2.75, 3.05) is 7.05 Å². The van der Waals surface area contributed by atoms with Gasteiger partial charge in [-0.05, 0) is 20.8 Å². The number of aromatic nitrogens is 1. The minimum atomic E-state index is -4.39. The molecule has 0 bridgehead atoms. The number of rotatable bonds is 2. The van der Waals surface area contributed by atoms with Gasteiger partial charge in [0.1, 0.15) is 5.01 Å². The van der Waals surface area contributed by atoms with Crippen LogP contribution < -0.4 is 10.6 Å². The van der Waals surface area contributed by atoms with Crippen LogP contribution in [-0.2, 0) is 12.7 Å². The van der Waals surface area contributed by atoms with Crippen LogP contribution in [0.5, 0.6) is 0 Å². The fourth-order valence-corrected chi connectivity index (χ4v) is 1.96. The lowest BCUT2D eigenvalue weighted by Gasteiger charge is -2.23. The molecule has 0 fully saturated rings. The Balaban J connectivity index is 0.00000361. The Morgan fingerprint density at radius 2 is 1.95 bits per heavy atom. The van der Waals surface area contributed by atoms with Gasteiger partial charge in [0.15, 0.2) is 11.7 Å². The van der Waals surface area contributed by atoms with Crippen molar-refractivity contribution < 1.29 is 13.2 Å². The van der Waals surface area contributed by atoms with Crippen LogP contribution in [0.4, 0.5) is 13.2 Å². The smallest absolute Gasteiger partial charge is 0.352 e. The van der Waals surface area contributed by atoms with E-state index in [0.29, 0.717) is 11.0 Å². The Hall–Kier alpha value is -0.580. The molecule has 0 atom stereocenters. The van der Waals surface area contributed by atoms with Crippen molar-refractivity contribution in [2.45, 2.75) is 39.0 Å². The van der Waals surface area contributed by atoms with Gasteiger partial charge in [-0.15, -0.1) is 35.3 Å². The number of thiazole rings is 1. The quantitative estimate of drug-likeness (QED) is 0.437. The topological polar surface area (TPSA) is 49.3 Å². The monoisotopic (exact) mass is 422 g/mol. The first-order valence-electron chi connectivity index (χ1n) is 5.62. The molecule has 0 aliphatic carbocycles.